The summed E-state index contributed by atoms with van der Waals surface area (Å²) in [5.41, 5.74) is 2.65. The lowest BCUT2D eigenvalue weighted by Crippen LogP contribution is -2.52. The molecule has 4 rings (SSSR count). The average molecular weight is 391 g/mol. The molecular formula is C19H23ClN4O3. The molecular weight excluding hydrogens is 368 g/mol. The average Bonchev–Trinajstić information content (AvgIpc) is 2.99. The Morgan fingerprint density at radius 1 is 1.11 bits per heavy atom. The third-order valence-electron chi connectivity index (χ3n) is 5.65. The number of halogens is 1. The normalized spacial score (nSPS) is 23.6. The van der Waals surface area contributed by atoms with Gasteiger partial charge in [0.05, 0.1) is 0 Å². The molecule has 2 fully saturated rings. The number of imide groups is 1. The highest BCUT2D eigenvalue weighted by atomic mass is 35.5. The number of carbonyl (C=O) groups is 3. The van der Waals surface area contributed by atoms with Crippen LogP contribution in [0.25, 0.3) is 0 Å². The van der Waals surface area contributed by atoms with Crippen molar-refractivity contribution >= 4 is 35.0 Å². The van der Waals surface area contributed by atoms with Crippen LogP contribution in [0.5, 0.6) is 0 Å². The third-order valence-corrected chi connectivity index (χ3v) is 5.82. The molecule has 2 saturated heterocycles. The first-order valence-corrected chi connectivity index (χ1v) is 9.91. The number of hydrogen-bond donors (Lipinski definition) is 1. The van der Waals surface area contributed by atoms with E-state index in [1.807, 2.05) is 12.1 Å². The van der Waals surface area contributed by atoms with E-state index < -0.39 is 6.04 Å². The largest absolute Gasteiger partial charge is 0.369 e. The number of piperidine rings is 1. The highest BCUT2D eigenvalue weighted by molar-refractivity contribution is 6.18. The van der Waals surface area contributed by atoms with Gasteiger partial charge < -0.3 is 9.80 Å². The fraction of sp³-hybridized carbons (Fsp3) is 0.526. The SMILES string of the molecule is O=C1CCC(N2Cc3ccc(N4CCN(CCCl)CC4)cc3C2=O)C(=O)N1. The topological polar surface area (TPSA) is 73.0 Å². The summed E-state index contributed by atoms with van der Waals surface area (Å²) in [6.45, 7) is 5.05. The lowest BCUT2D eigenvalue weighted by molar-refractivity contribution is -0.136. The Morgan fingerprint density at radius 2 is 1.89 bits per heavy atom. The van der Waals surface area contributed by atoms with Crippen LogP contribution in [0.2, 0.25) is 0 Å². The first-order valence-electron chi connectivity index (χ1n) is 9.37. The van der Waals surface area contributed by atoms with Crippen molar-refractivity contribution in [2.75, 3.05) is 43.5 Å². The van der Waals surface area contributed by atoms with Crippen LogP contribution >= 0.6 is 11.6 Å². The summed E-state index contributed by atoms with van der Waals surface area (Å²) >= 11 is 5.82. The summed E-state index contributed by atoms with van der Waals surface area (Å²) in [5.74, 6) is -0.120. The van der Waals surface area contributed by atoms with E-state index in [0.29, 0.717) is 24.4 Å². The second-order valence-corrected chi connectivity index (χ2v) is 7.64. The van der Waals surface area contributed by atoms with Crippen LogP contribution in [0, 0.1) is 0 Å². The summed E-state index contributed by atoms with van der Waals surface area (Å²) < 4.78 is 0. The van der Waals surface area contributed by atoms with Crippen molar-refractivity contribution in [2.24, 2.45) is 0 Å². The van der Waals surface area contributed by atoms with Crippen molar-refractivity contribution in [3.63, 3.8) is 0 Å². The van der Waals surface area contributed by atoms with Gasteiger partial charge in [-0.3, -0.25) is 24.6 Å². The van der Waals surface area contributed by atoms with Gasteiger partial charge in [-0.2, -0.15) is 0 Å². The van der Waals surface area contributed by atoms with Gasteiger partial charge >= 0.3 is 0 Å². The van der Waals surface area contributed by atoms with Gasteiger partial charge in [0, 0.05) is 62.8 Å². The Labute approximate surface area is 163 Å². The number of piperazine rings is 1. The highest BCUT2D eigenvalue weighted by Gasteiger charge is 2.39. The number of nitrogens with one attached hydrogen (secondary N) is 1. The van der Waals surface area contributed by atoms with Crippen molar-refractivity contribution in [1.29, 1.82) is 0 Å². The molecule has 144 valence electrons. The molecule has 3 amide bonds. The molecule has 0 aliphatic carbocycles. The molecule has 0 saturated carbocycles. The van der Waals surface area contributed by atoms with E-state index in [4.69, 9.17) is 11.6 Å². The molecule has 1 aromatic carbocycles. The van der Waals surface area contributed by atoms with Gasteiger partial charge in [-0.15, -0.1) is 11.6 Å². The second-order valence-electron chi connectivity index (χ2n) is 7.26. The molecule has 0 bridgehead atoms. The molecule has 3 heterocycles. The number of fused-ring (bicyclic) bond motifs is 1. The number of alkyl halides is 1. The maximum absolute atomic E-state index is 12.9. The molecule has 1 aromatic rings. The smallest absolute Gasteiger partial charge is 0.255 e. The van der Waals surface area contributed by atoms with Crippen LogP contribution in [0.3, 0.4) is 0 Å². The molecule has 3 aliphatic rings. The van der Waals surface area contributed by atoms with Crippen LogP contribution in [0.15, 0.2) is 18.2 Å². The molecule has 27 heavy (non-hydrogen) atoms. The number of hydrogen-bond acceptors (Lipinski definition) is 5. The number of benzene rings is 1. The zero-order chi connectivity index (χ0) is 19.0. The third kappa shape index (κ3) is 3.53. The zero-order valence-electron chi connectivity index (χ0n) is 15.1. The summed E-state index contributed by atoms with van der Waals surface area (Å²) in [5, 5.41) is 2.34. The van der Waals surface area contributed by atoms with Crippen LogP contribution in [0.4, 0.5) is 5.69 Å². The number of rotatable bonds is 4. The molecule has 7 nitrogen and oxygen atoms in total. The Morgan fingerprint density at radius 3 is 2.59 bits per heavy atom. The first kappa shape index (κ1) is 18.3. The van der Waals surface area contributed by atoms with Gasteiger partial charge in [0.2, 0.25) is 11.8 Å². The Kier molecular flexibility index (Phi) is 5.06. The van der Waals surface area contributed by atoms with Crippen LogP contribution < -0.4 is 10.2 Å². The van der Waals surface area contributed by atoms with E-state index in [1.165, 1.54) is 0 Å². The fourth-order valence-electron chi connectivity index (χ4n) is 4.09. The first-order chi connectivity index (χ1) is 13.1. The van der Waals surface area contributed by atoms with Gasteiger partial charge in [-0.05, 0) is 24.1 Å². The Hall–Kier alpha value is -2.12. The van der Waals surface area contributed by atoms with E-state index >= 15 is 0 Å². The number of anilines is 1. The maximum atomic E-state index is 12.9. The van der Waals surface area contributed by atoms with Crippen molar-refractivity contribution in [1.82, 2.24) is 15.1 Å². The van der Waals surface area contributed by atoms with Crippen molar-refractivity contribution in [3.8, 4) is 0 Å². The lowest BCUT2D eigenvalue weighted by atomic mass is 10.0. The van der Waals surface area contributed by atoms with Crippen molar-refractivity contribution in [3.05, 3.63) is 29.3 Å². The molecule has 0 spiro atoms. The molecule has 1 N–H and O–H groups in total. The van der Waals surface area contributed by atoms with Gasteiger partial charge in [0.25, 0.3) is 5.91 Å². The molecule has 8 heteroatoms. The summed E-state index contributed by atoms with van der Waals surface area (Å²) in [4.78, 5) is 42.6. The minimum Gasteiger partial charge on any atom is -0.369 e. The summed E-state index contributed by atoms with van der Waals surface area (Å²) in [7, 11) is 0. The Balaban J connectivity index is 1.47. The van der Waals surface area contributed by atoms with E-state index in [2.05, 4.69) is 21.2 Å². The van der Waals surface area contributed by atoms with E-state index in [0.717, 1.165) is 44.0 Å². The molecule has 0 aromatic heterocycles. The lowest BCUT2D eigenvalue weighted by Gasteiger charge is -2.36. The van der Waals surface area contributed by atoms with Crippen LogP contribution in [0.1, 0.15) is 28.8 Å². The van der Waals surface area contributed by atoms with E-state index in [9.17, 15) is 14.4 Å². The number of carbonyl (C=O) groups excluding carboxylic acids is 3. The monoisotopic (exact) mass is 390 g/mol. The predicted molar refractivity (Wildman–Crippen MR) is 102 cm³/mol. The molecule has 1 unspecified atom stereocenters. The minimum absolute atomic E-state index is 0.123. The minimum atomic E-state index is -0.565. The van der Waals surface area contributed by atoms with Gasteiger partial charge in [0.1, 0.15) is 6.04 Å². The molecule has 1 atom stereocenters. The van der Waals surface area contributed by atoms with E-state index in [-0.39, 0.29) is 24.1 Å². The maximum Gasteiger partial charge on any atom is 0.255 e. The highest BCUT2D eigenvalue weighted by Crippen LogP contribution is 2.30. The zero-order valence-corrected chi connectivity index (χ0v) is 15.9. The predicted octanol–water partition coefficient (Wildman–Crippen LogP) is 0.808. The van der Waals surface area contributed by atoms with Crippen molar-refractivity contribution < 1.29 is 14.4 Å². The number of amides is 3. The molecule has 3 aliphatic heterocycles. The van der Waals surface area contributed by atoms with Crippen LogP contribution in [-0.4, -0.2) is 72.2 Å². The van der Waals surface area contributed by atoms with Crippen LogP contribution in [-0.2, 0) is 16.1 Å². The Bertz CT molecular complexity index is 776. The van der Waals surface area contributed by atoms with Gasteiger partial charge in [-0.1, -0.05) is 6.07 Å². The quantitative estimate of drug-likeness (QED) is 0.608. The van der Waals surface area contributed by atoms with Crippen molar-refractivity contribution in [2.45, 2.75) is 25.4 Å². The molecule has 0 radical (unpaired) electrons. The van der Waals surface area contributed by atoms with Gasteiger partial charge in [0.15, 0.2) is 0 Å². The van der Waals surface area contributed by atoms with E-state index in [1.54, 1.807) is 4.90 Å². The van der Waals surface area contributed by atoms with Gasteiger partial charge in [-0.25, -0.2) is 0 Å². The second kappa shape index (κ2) is 7.48. The number of nitrogens with zero attached hydrogens (tertiary/aromatic N) is 3. The summed E-state index contributed by atoms with van der Waals surface area (Å²) in [6, 6.07) is 5.42. The summed E-state index contributed by atoms with van der Waals surface area (Å²) in [6.07, 6.45) is 0.661. The standard InChI is InChI=1S/C19H23ClN4O3/c20-5-6-22-7-9-23(10-8-22)14-2-1-13-12-24(19(27)15(13)11-14)16-3-4-17(25)21-18(16)26/h1-2,11,16H,3-10,12H2,(H,21,25,26). The fourth-order valence-corrected chi connectivity index (χ4v) is 4.33.